The van der Waals surface area contributed by atoms with E-state index >= 15 is 0 Å². The first kappa shape index (κ1) is 13.9. The Morgan fingerprint density at radius 3 is 1.81 bits per heavy atom. The average molecular weight is 270 g/mol. The summed E-state index contributed by atoms with van der Waals surface area (Å²) in [6.45, 7) is 4.58. The molecule has 0 spiro atoms. The van der Waals surface area contributed by atoms with Crippen LogP contribution in [0.25, 0.3) is 0 Å². The minimum atomic E-state index is -3.59. The molecule has 0 unspecified atom stereocenters. The zero-order chi connectivity index (χ0) is 12.8. The Hall–Kier alpha value is -0.140. The summed E-state index contributed by atoms with van der Waals surface area (Å²) in [6, 6.07) is 0. The van der Waals surface area contributed by atoms with Crippen LogP contribution in [-0.2, 0) is 24.1 Å². The Labute approximate surface area is 97.2 Å². The van der Waals surface area contributed by atoms with Gasteiger partial charge in [-0.05, 0) is 33.6 Å². The summed E-state index contributed by atoms with van der Waals surface area (Å²) in [5.41, 5.74) is 0. The standard InChI is InChI=1S/C9H18O5S2/c1-8(2,3)16(12,13)9(5-6-9)7-14-15(4,10)11/h5-7H2,1-4H3. The van der Waals surface area contributed by atoms with Crippen molar-refractivity contribution in [2.45, 2.75) is 43.1 Å². The lowest BCUT2D eigenvalue weighted by Gasteiger charge is -2.26. The van der Waals surface area contributed by atoms with Crippen LogP contribution in [0.2, 0.25) is 0 Å². The molecule has 0 heterocycles. The lowest BCUT2D eigenvalue weighted by atomic mass is 10.3. The van der Waals surface area contributed by atoms with Crippen LogP contribution in [0.4, 0.5) is 0 Å². The Morgan fingerprint density at radius 2 is 1.56 bits per heavy atom. The molecule has 0 aromatic carbocycles. The van der Waals surface area contributed by atoms with Crippen LogP contribution in [0.15, 0.2) is 0 Å². The van der Waals surface area contributed by atoms with Crippen LogP contribution < -0.4 is 0 Å². The Morgan fingerprint density at radius 1 is 1.12 bits per heavy atom. The summed E-state index contributed by atoms with van der Waals surface area (Å²) in [5, 5.41) is 0. The first-order valence-electron chi connectivity index (χ1n) is 5.00. The maximum atomic E-state index is 12.2. The molecule has 0 saturated heterocycles. The molecule has 0 amide bonds. The van der Waals surface area contributed by atoms with Crippen LogP contribution in [-0.4, -0.2) is 39.2 Å². The summed E-state index contributed by atoms with van der Waals surface area (Å²) in [5.74, 6) is 0. The first-order valence-corrected chi connectivity index (χ1v) is 8.30. The van der Waals surface area contributed by atoms with Gasteiger partial charge in [0, 0.05) is 0 Å². The third-order valence-electron chi connectivity index (χ3n) is 2.72. The van der Waals surface area contributed by atoms with Crippen LogP contribution in [0.5, 0.6) is 0 Å². The van der Waals surface area contributed by atoms with Crippen molar-refractivity contribution in [3.8, 4) is 0 Å². The molecule has 0 aromatic rings. The molecular formula is C9H18O5S2. The summed E-state index contributed by atoms with van der Waals surface area (Å²) < 4.78 is 48.8. The minimum Gasteiger partial charge on any atom is -0.269 e. The van der Waals surface area contributed by atoms with Crippen LogP contribution in [0.1, 0.15) is 33.6 Å². The van der Waals surface area contributed by atoms with Gasteiger partial charge in [0.2, 0.25) is 0 Å². The molecule has 5 nitrogen and oxygen atoms in total. The lowest BCUT2D eigenvalue weighted by Crippen LogP contribution is -2.41. The highest BCUT2D eigenvalue weighted by Gasteiger charge is 2.59. The number of rotatable bonds is 4. The van der Waals surface area contributed by atoms with E-state index in [1.165, 1.54) is 0 Å². The normalized spacial score (nSPS) is 20.8. The summed E-state index contributed by atoms with van der Waals surface area (Å²) >= 11 is 0. The molecular weight excluding hydrogens is 252 g/mol. The molecule has 16 heavy (non-hydrogen) atoms. The van der Waals surface area contributed by atoms with E-state index in [0.29, 0.717) is 12.8 Å². The van der Waals surface area contributed by atoms with Gasteiger partial charge in [0.05, 0.1) is 22.4 Å². The van der Waals surface area contributed by atoms with Gasteiger partial charge in [-0.2, -0.15) is 8.42 Å². The molecule has 7 heteroatoms. The highest BCUT2D eigenvalue weighted by atomic mass is 32.2. The molecule has 0 aromatic heterocycles. The van der Waals surface area contributed by atoms with E-state index in [2.05, 4.69) is 4.18 Å². The molecule has 1 rings (SSSR count). The van der Waals surface area contributed by atoms with Crippen molar-refractivity contribution in [3.63, 3.8) is 0 Å². The molecule has 1 fully saturated rings. The van der Waals surface area contributed by atoms with E-state index in [-0.39, 0.29) is 6.61 Å². The molecule has 1 aliphatic rings. The van der Waals surface area contributed by atoms with Crippen molar-refractivity contribution >= 4 is 20.0 Å². The van der Waals surface area contributed by atoms with Crippen molar-refractivity contribution in [1.82, 2.24) is 0 Å². The highest BCUT2D eigenvalue weighted by molar-refractivity contribution is 7.94. The zero-order valence-electron chi connectivity index (χ0n) is 9.98. The van der Waals surface area contributed by atoms with E-state index in [1.54, 1.807) is 20.8 Å². The molecule has 96 valence electrons. The van der Waals surface area contributed by atoms with Gasteiger partial charge in [-0.15, -0.1) is 0 Å². The molecule has 0 atom stereocenters. The summed E-state index contributed by atoms with van der Waals surface area (Å²) in [7, 11) is -6.96. The number of hydrogen-bond acceptors (Lipinski definition) is 5. The van der Waals surface area contributed by atoms with Gasteiger partial charge < -0.3 is 0 Å². The molecule has 0 aliphatic heterocycles. The Bertz CT molecular complexity index is 463. The van der Waals surface area contributed by atoms with E-state index in [4.69, 9.17) is 0 Å². The Balaban J connectivity index is 2.89. The molecule has 1 aliphatic carbocycles. The third-order valence-corrected chi connectivity index (χ3v) is 6.54. The van der Waals surface area contributed by atoms with Crippen LogP contribution in [0, 0.1) is 0 Å². The minimum absolute atomic E-state index is 0.258. The molecule has 0 bridgehead atoms. The SMILES string of the molecule is CC(C)(C)S(=O)(=O)C1(COS(C)(=O)=O)CC1. The zero-order valence-corrected chi connectivity index (χ0v) is 11.6. The first-order chi connectivity index (χ1) is 6.91. The quantitative estimate of drug-likeness (QED) is 0.703. The summed E-state index contributed by atoms with van der Waals surface area (Å²) in [6.07, 6.45) is 1.87. The second kappa shape index (κ2) is 3.68. The number of sulfone groups is 1. The predicted molar refractivity (Wildman–Crippen MR) is 61.4 cm³/mol. The van der Waals surface area contributed by atoms with Crippen molar-refractivity contribution in [1.29, 1.82) is 0 Å². The fourth-order valence-corrected chi connectivity index (χ4v) is 4.16. The number of hydrogen-bond donors (Lipinski definition) is 0. The molecule has 1 saturated carbocycles. The topological polar surface area (TPSA) is 77.5 Å². The van der Waals surface area contributed by atoms with Crippen molar-refractivity contribution in [3.05, 3.63) is 0 Å². The van der Waals surface area contributed by atoms with Gasteiger partial charge in [0.25, 0.3) is 10.1 Å². The van der Waals surface area contributed by atoms with E-state index < -0.39 is 29.4 Å². The van der Waals surface area contributed by atoms with E-state index in [1.807, 2.05) is 0 Å². The molecule has 0 N–H and O–H groups in total. The second-order valence-electron chi connectivity index (χ2n) is 5.27. The van der Waals surface area contributed by atoms with E-state index in [9.17, 15) is 16.8 Å². The lowest BCUT2D eigenvalue weighted by molar-refractivity contribution is 0.309. The fraction of sp³-hybridized carbons (Fsp3) is 1.00. The van der Waals surface area contributed by atoms with Gasteiger partial charge in [-0.1, -0.05) is 0 Å². The van der Waals surface area contributed by atoms with E-state index in [0.717, 1.165) is 6.26 Å². The third kappa shape index (κ3) is 2.57. The van der Waals surface area contributed by atoms with Crippen LogP contribution in [0.3, 0.4) is 0 Å². The smallest absolute Gasteiger partial charge is 0.264 e. The Kier molecular flexibility index (Phi) is 3.20. The van der Waals surface area contributed by atoms with Crippen molar-refractivity contribution < 1.29 is 21.0 Å². The van der Waals surface area contributed by atoms with Crippen LogP contribution >= 0.6 is 0 Å². The average Bonchev–Trinajstić information content (AvgIpc) is 2.77. The maximum absolute atomic E-state index is 12.2. The fourth-order valence-electron chi connectivity index (χ4n) is 1.49. The van der Waals surface area contributed by atoms with Gasteiger partial charge in [0.1, 0.15) is 0 Å². The predicted octanol–water partition coefficient (Wildman–Crippen LogP) is 0.708. The van der Waals surface area contributed by atoms with Crippen molar-refractivity contribution in [2.24, 2.45) is 0 Å². The monoisotopic (exact) mass is 270 g/mol. The van der Waals surface area contributed by atoms with Gasteiger partial charge in [-0.25, -0.2) is 8.42 Å². The summed E-state index contributed by atoms with van der Waals surface area (Å²) in [4.78, 5) is 0. The van der Waals surface area contributed by atoms with Gasteiger partial charge in [0.15, 0.2) is 9.84 Å². The largest absolute Gasteiger partial charge is 0.269 e. The van der Waals surface area contributed by atoms with Gasteiger partial charge in [-0.3, -0.25) is 4.18 Å². The maximum Gasteiger partial charge on any atom is 0.264 e. The van der Waals surface area contributed by atoms with Gasteiger partial charge >= 0.3 is 0 Å². The molecule has 0 radical (unpaired) electrons. The highest BCUT2D eigenvalue weighted by Crippen LogP contribution is 2.48. The second-order valence-corrected chi connectivity index (χ2v) is 10.0. The van der Waals surface area contributed by atoms with Crippen molar-refractivity contribution in [2.75, 3.05) is 12.9 Å².